The van der Waals surface area contributed by atoms with Gasteiger partial charge in [0.15, 0.2) is 0 Å². The Labute approximate surface area is 209 Å². The molecule has 0 aliphatic rings. The van der Waals surface area contributed by atoms with Gasteiger partial charge in [-0.3, -0.25) is 4.79 Å². The Morgan fingerprint density at radius 2 is 1.61 bits per heavy atom. The molecule has 0 radical (unpaired) electrons. The van der Waals surface area contributed by atoms with Gasteiger partial charge in [-0.05, 0) is 60.4 Å². The van der Waals surface area contributed by atoms with Crippen molar-refractivity contribution in [1.82, 2.24) is 4.90 Å². The van der Waals surface area contributed by atoms with Gasteiger partial charge in [0.05, 0.1) is 20.6 Å². The first-order chi connectivity index (χ1) is 17.2. The summed E-state index contributed by atoms with van der Waals surface area (Å²) in [5.41, 5.74) is 4.44. The average molecular weight is 498 g/mol. The van der Waals surface area contributed by atoms with Crippen LogP contribution in [0.2, 0.25) is 0 Å². The first-order valence-electron chi connectivity index (χ1n) is 11.4. The van der Waals surface area contributed by atoms with Gasteiger partial charge < -0.3 is 19.1 Å². The van der Waals surface area contributed by atoms with E-state index in [0.29, 0.717) is 12.3 Å². The van der Waals surface area contributed by atoms with E-state index in [1.807, 2.05) is 38.1 Å². The molecule has 0 fully saturated rings. The molecule has 0 unspecified atom stereocenters. The lowest BCUT2D eigenvalue weighted by molar-refractivity contribution is -0.139. The first-order valence-corrected chi connectivity index (χ1v) is 11.4. The van der Waals surface area contributed by atoms with Crippen molar-refractivity contribution in [2.24, 2.45) is 0 Å². The number of ether oxygens (including phenoxy) is 3. The van der Waals surface area contributed by atoms with E-state index in [1.54, 1.807) is 19.2 Å². The third-order valence-electron chi connectivity index (χ3n) is 5.68. The predicted octanol–water partition coefficient (Wildman–Crippen LogP) is 5.82. The summed E-state index contributed by atoms with van der Waals surface area (Å²) in [7, 11) is 2.91. The molecule has 3 aromatic carbocycles. The molecule has 0 aliphatic carbocycles. The molecule has 0 aromatic heterocycles. The quantitative estimate of drug-likeness (QED) is 0.349. The topological polar surface area (TPSA) is 65.1 Å². The second-order valence-electron chi connectivity index (χ2n) is 8.29. The maximum atomic E-state index is 13.5. The van der Waals surface area contributed by atoms with E-state index in [9.17, 15) is 18.4 Å². The average Bonchev–Trinajstić information content (AvgIpc) is 2.85. The largest absolute Gasteiger partial charge is 0.496 e. The predicted molar refractivity (Wildman–Crippen MR) is 132 cm³/mol. The zero-order valence-corrected chi connectivity index (χ0v) is 20.8. The number of benzene rings is 3. The number of carbonyl (C=O) groups is 2. The molecule has 0 atom stereocenters. The van der Waals surface area contributed by atoms with Gasteiger partial charge in [0, 0.05) is 24.7 Å². The lowest BCUT2D eigenvalue weighted by Gasteiger charge is -2.23. The molecule has 0 bridgehead atoms. The normalized spacial score (nSPS) is 10.6. The summed E-state index contributed by atoms with van der Waals surface area (Å²) < 4.78 is 42.6. The van der Waals surface area contributed by atoms with Crippen LogP contribution in [0, 0.1) is 18.6 Å². The Hall–Kier alpha value is -3.94. The van der Waals surface area contributed by atoms with Gasteiger partial charge in [-0.1, -0.05) is 29.8 Å². The van der Waals surface area contributed by atoms with Gasteiger partial charge >= 0.3 is 12.1 Å². The van der Waals surface area contributed by atoms with Crippen LogP contribution in [-0.2, 0) is 33.8 Å². The fraction of sp³-hybridized carbons (Fsp3) is 0.286. The van der Waals surface area contributed by atoms with E-state index in [2.05, 4.69) is 0 Å². The zero-order chi connectivity index (χ0) is 26.2. The third-order valence-corrected chi connectivity index (χ3v) is 5.68. The summed E-state index contributed by atoms with van der Waals surface area (Å²) in [6.45, 7) is 4.09. The highest BCUT2D eigenvalue weighted by molar-refractivity contribution is 5.78. The summed E-state index contributed by atoms with van der Waals surface area (Å²) in [6, 6.07) is 14.3. The van der Waals surface area contributed by atoms with Crippen LogP contribution in [0.1, 0.15) is 29.2 Å². The highest BCUT2D eigenvalue weighted by atomic mass is 19.1. The number of halogens is 2. The van der Waals surface area contributed by atoms with Gasteiger partial charge in [0.25, 0.3) is 0 Å². The van der Waals surface area contributed by atoms with Crippen LogP contribution in [0.5, 0.6) is 5.75 Å². The van der Waals surface area contributed by atoms with Crippen LogP contribution in [0.4, 0.5) is 13.6 Å². The molecular formula is C28H29F2NO5. The van der Waals surface area contributed by atoms with Crippen LogP contribution in [0.15, 0.2) is 54.6 Å². The van der Waals surface area contributed by atoms with Crippen molar-refractivity contribution >= 4 is 12.1 Å². The van der Waals surface area contributed by atoms with Crippen molar-refractivity contribution < 1.29 is 32.6 Å². The highest BCUT2D eigenvalue weighted by Crippen LogP contribution is 2.35. The van der Waals surface area contributed by atoms with Crippen molar-refractivity contribution in [2.75, 3.05) is 20.8 Å². The van der Waals surface area contributed by atoms with Crippen LogP contribution < -0.4 is 4.74 Å². The molecule has 0 saturated heterocycles. The molecule has 0 saturated carbocycles. The van der Waals surface area contributed by atoms with Crippen molar-refractivity contribution in [2.45, 2.75) is 33.4 Å². The van der Waals surface area contributed by atoms with Gasteiger partial charge in [-0.2, -0.15) is 0 Å². The summed E-state index contributed by atoms with van der Waals surface area (Å²) in [5.74, 6) is -1.21. The van der Waals surface area contributed by atoms with Gasteiger partial charge in [0.2, 0.25) is 0 Å². The van der Waals surface area contributed by atoms with Crippen molar-refractivity contribution in [3.63, 3.8) is 0 Å². The standard InChI is InChI=1S/C28H29F2NO5/c1-5-31(28(33)36-17-20-11-22(29)15-23(30)12-20)16-21-10-18(2)6-8-24(21)25-13-19(14-27(32)35-4)7-9-26(25)34-3/h6-13,15H,5,14,16-17H2,1-4H3. The highest BCUT2D eigenvalue weighted by Gasteiger charge is 2.19. The Balaban J connectivity index is 1.87. The van der Waals surface area contributed by atoms with E-state index in [4.69, 9.17) is 14.2 Å². The molecule has 3 aromatic rings. The van der Waals surface area contributed by atoms with Crippen LogP contribution >= 0.6 is 0 Å². The number of carbonyl (C=O) groups excluding carboxylic acids is 2. The smallest absolute Gasteiger partial charge is 0.410 e. The fourth-order valence-corrected chi connectivity index (χ4v) is 3.87. The fourth-order valence-electron chi connectivity index (χ4n) is 3.87. The Morgan fingerprint density at radius 1 is 0.889 bits per heavy atom. The molecule has 3 rings (SSSR count). The molecule has 0 spiro atoms. The monoisotopic (exact) mass is 497 g/mol. The maximum absolute atomic E-state index is 13.5. The minimum atomic E-state index is -0.735. The number of nitrogens with zero attached hydrogens (tertiary/aromatic N) is 1. The first kappa shape index (κ1) is 26.7. The lowest BCUT2D eigenvalue weighted by Crippen LogP contribution is -2.31. The van der Waals surface area contributed by atoms with E-state index in [-0.39, 0.29) is 31.1 Å². The maximum Gasteiger partial charge on any atom is 0.410 e. The van der Waals surface area contributed by atoms with Crippen LogP contribution in [0.3, 0.4) is 0 Å². The summed E-state index contributed by atoms with van der Waals surface area (Å²) >= 11 is 0. The Bertz CT molecular complexity index is 1220. The Kier molecular flexibility index (Phi) is 9.00. The van der Waals surface area contributed by atoms with Crippen LogP contribution in [0.25, 0.3) is 11.1 Å². The van der Waals surface area contributed by atoms with Crippen LogP contribution in [-0.4, -0.2) is 37.7 Å². The molecule has 0 aliphatic heterocycles. The van der Waals surface area contributed by atoms with E-state index in [0.717, 1.165) is 46.0 Å². The molecule has 36 heavy (non-hydrogen) atoms. The number of rotatable bonds is 9. The third kappa shape index (κ3) is 6.81. The molecule has 0 heterocycles. The number of hydrogen-bond donors (Lipinski definition) is 0. The molecular weight excluding hydrogens is 468 g/mol. The van der Waals surface area contributed by atoms with Gasteiger partial charge in [0.1, 0.15) is 24.0 Å². The molecule has 1 amide bonds. The Morgan fingerprint density at radius 3 is 2.25 bits per heavy atom. The second kappa shape index (κ2) is 12.2. The van der Waals surface area contributed by atoms with E-state index < -0.39 is 17.7 Å². The number of esters is 1. The minimum absolute atomic E-state index is 0.114. The van der Waals surface area contributed by atoms with Gasteiger partial charge in [-0.15, -0.1) is 0 Å². The number of methoxy groups -OCH3 is 2. The van der Waals surface area contributed by atoms with E-state index >= 15 is 0 Å². The second-order valence-corrected chi connectivity index (χ2v) is 8.29. The number of aryl methyl sites for hydroxylation is 1. The molecule has 8 heteroatoms. The zero-order valence-electron chi connectivity index (χ0n) is 20.8. The van der Waals surface area contributed by atoms with Crippen molar-refractivity contribution in [3.05, 3.63) is 88.5 Å². The molecule has 0 N–H and O–H groups in total. The number of amides is 1. The summed E-state index contributed by atoms with van der Waals surface area (Å²) in [6.07, 6.45) is -0.496. The van der Waals surface area contributed by atoms with Crippen molar-refractivity contribution in [3.8, 4) is 16.9 Å². The minimum Gasteiger partial charge on any atom is -0.496 e. The number of hydrogen-bond acceptors (Lipinski definition) is 5. The lowest BCUT2D eigenvalue weighted by atomic mass is 9.94. The van der Waals surface area contributed by atoms with E-state index in [1.165, 1.54) is 12.0 Å². The SMILES string of the molecule is CCN(Cc1cc(C)ccc1-c1cc(CC(=O)OC)ccc1OC)C(=O)OCc1cc(F)cc(F)c1. The molecule has 6 nitrogen and oxygen atoms in total. The molecule has 190 valence electrons. The van der Waals surface area contributed by atoms with Crippen molar-refractivity contribution in [1.29, 1.82) is 0 Å². The summed E-state index contributed by atoms with van der Waals surface area (Å²) in [4.78, 5) is 26.1. The summed E-state index contributed by atoms with van der Waals surface area (Å²) in [5, 5.41) is 0. The van der Waals surface area contributed by atoms with Gasteiger partial charge in [-0.25, -0.2) is 13.6 Å².